The van der Waals surface area contributed by atoms with E-state index in [0.717, 1.165) is 44.7 Å². The Balaban J connectivity index is 0.000000342. The van der Waals surface area contributed by atoms with E-state index in [1.54, 1.807) is 54.9 Å². The molecule has 0 aliphatic carbocycles. The minimum absolute atomic E-state index is 0. The standard InChI is InChI=1S/C24H36N3OS.C9H12O3S.C3H5N2S.ClH/c1-2-3-4-5-6-10-13-23-20-29-21-27(23)19-24(28)26-16-14-25(15-17-26)18-22-11-8-7-9-12-22;1-6-4-7(2)9(8(3)5-6)13(10,11)12;4-5-1-2-6-3-5;/h7-9,11-12,20-21H,2-6,10,13-19H2,1H3;4-5H,1-3H3,(H,10,11,12);1-3H,4H2;1H/q+1;;+1;/p-2. The largest absolute Gasteiger partial charge is 1.00 e. The molecule has 0 unspecified atom stereocenters. The highest BCUT2D eigenvalue weighted by molar-refractivity contribution is 7.85. The molecular weight excluding hydrogens is 698 g/mol. The van der Waals surface area contributed by atoms with Gasteiger partial charge in [-0.3, -0.25) is 9.69 Å². The number of nitrogens with two attached hydrogens (primary N) is 1. The Bertz CT molecular complexity index is 1600. The molecule has 1 aliphatic heterocycles. The van der Waals surface area contributed by atoms with Crippen LogP contribution in [0.25, 0.3) is 0 Å². The van der Waals surface area contributed by atoms with Crippen molar-refractivity contribution < 1.29 is 39.4 Å². The van der Waals surface area contributed by atoms with E-state index in [2.05, 4.69) is 57.6 Å². The number of amides is 1. The van der Waals surface area contributed by atoms with Crippen LogP contribution in [-0.4, -0.2) is 54.9 Å². The molecule has 1 amide bonds. The van der Waals surface area contributed by atoms with Gasteiger partial charge in [-0.2, -0.15) is 4.57 Å². The Labute approximate surface area is 307 Å². The first-order chi connectivity index (χ1) is 23.0. The quantitative estimate of drug-likeness (QED) is 0.103. The molecule has 2 N–H and O–H groups in total. The molecule has 5 rings (SSSR count). The van der Waals surface area contributed by atoms with Crippen LogP contribution in [0.2, 0.25) is 0 Å². The average Bonchev–Trinajstić information content (AvgIpc) is 3.70. The Morgan fingerprint density at radius 1 is 0.918 bits per heavy atom. The number of hydrogen-bond acceptors (Lipinski definition) is 8. The van der Waals surface area contributed by atoms with Crippen molar-refractivity contribution in [1.29, 1.82) is 0 Å². The van der Waals surface area contributed by atoms with Crippen molar-refractivity contribution in [2.75, 3.05) is 32.0 Å². The molecule has 2 aromatic heterocycles. The molecule has 2 aromatic carbocycles. The summed E-state index contributed by atoms with van der Waals surface area (Å²) in [7, 11) is -4.33. The van der Waals surface area contributed by atoms with Gasteiger partial charge in [0, 0.05) is 39.1 Å². The molecule has 49 heavy (non-hydrogen) atoms. The van der Waals surface area contributed by atoms with Crippen LogP contribution in [0.15, 0.2) is 75.3 Å². The smallest absolute Gasteiger partial charge is 0.288 e. The molecule has 0 spiro atoms. The Kier molecular flexibility index (Phi) is 19.0. The summed E-state index contributed by atoms with van der Waals surface area (Å²) >= 11 is 3.29. The van der Waals surface area contributed by atoms with Crippen molar-refractivity contribution in [3.8, 4) is 0 Å². The molecule has 3 heterocycles. The number of hydrogen-bond donors (Lipinski definition) is 1. The van der Waals surface area contributed by atoms with Crippen molar-refractivity contribution in [3.63, 3.8) is 0 Å². The number of carbonyl (C=O) groups is 1. The van der Waals surface area contributed by atoms with Gasteiger partial charge in [0.15, 0.2) is 5.69 Å². The normalized spacial score (nSPS) is 13.0. The maximum absolute atomic E-state index is 12.8. The van der Waals surface area contributed by atoms with E-state index in [-0.39, 0.29) is 23.2 Å². The summed E-state index contributed by atoms with van der Waals surface area (Å²) in [4.78, 5) is 17.2. The third-order valence-electron chi connectivity index (χ3n) is 8.18. The minimum Gasteiger partial charge on any atom is -1.00 e. The van der Waals surface area contributed by atoms with Gasteiger partial charge < -0.3 is 21.9 Å². The van der Waals surface area contributed by atoms with Gasteiger partial charge in [0.25, 0.3) is 11.4 Å². The highest BCUT2D eigenvalue weighted by Gasteiger charge is 2.25. The number of unbranched alkanes of at least 4 members (excludes halogenated alkanes) is 5. The SMILES string of the molecule is CCCCCCCCc1csc[n+]1CC(=O)N1CCN(Cc2ccccc2)CC1.Cc1cc(C)c(S(=O)(=O)[O-])c(C)c1.N[n+]1ccsc1.[Cl-]. The number of aryl methyl sites for hydroxylation is 4. The van der Waals surface area contributed by atoms with Gasteiger partial charge in [-0.15, -0.1) is 0 Å². The molecule has 9 nitrogen and oxygen atoms in total. The molecule has 270 valence electrons. The second-order valence-electron chi connectivity index (χ2n) is 12.3. The Morgan fingerprint density at radius 3 is 2.10 bits per heavy atom. The lowest BCUT2D eigenvalue weighted by Crippen LogP contribution is -3.00. The number of thiazole rings is 2. The van der Waals surface area contributed by atoms with Crippen molar-refractivity contribution in [2.24, 2.45) is 0 Å². The van der Waals surface area contributed by atoms with E-state index < -0.39 is 10.1 Å². The zero-order valence-electron chi connectivity index (χ0n) is 29.2. The summed E-state index contributed by atoms with van der Waals surface area (Å²) in [5.41, 5.74) is 8.60. The van der Waals surface area contributed by atoms with Gasteiger partial charge in [-0.05, 0) is 43.9 Å². The first-order valence-electron chi connectivity index (χ1n) is 16.7. The fourth-order valence-electron chi connectivity index (χ4n) is 5.80. The van der Waals surface area contributed by atoms with Crippen LogP contribution < -0.4 is 27.5 Å². The van der Waals surface area contributed by atoms with E-state index in [4.69, 9.17) is 5.84 Å². The summed E-state index contributed by atoms with van der Waals surface area (Å²) in [5, 5.41) is 4.14. The van der Waals surface area contributed by atoms with E-state index in [1.807, 2.05) is 22.7 Å². The molecule has 1 aliphatic rings. The molecule has 0 radical (unpaired) electrons. The predicted octanol–water partition coefficient (Wildman–Crippen LogP) is 2.55. The highest BCUT2D eigenvalue weighted by Crippen LogP contribution is 2.21. The zero-order chi connectivity index (χ0) is 34.9. The zero-order valence-corrected chi connectivity index (χ0v) is 32.4. The van der Waals surface area contributed by atoms with Gasteiger partial charge in [-0.1, -0.05) is 114 Å². The molecule has 1 saturated heterocycles. The molecule has 0 bridgehead atoms. The van der Waals surface area contributed by atoms with Crippen molar-refractivity contribution in [1.82, 2.24) is 9.80 Å². The van der Waals surface area contributed by atoms with Crippen LogP contribution in [0.5, 0.6) is 0 Å². The lowest BCUT2D eigenvalue weighted by atomic mass is 10.1. The lowest BCUT2D eigenvalue weighted by molar-refractivity contribution is -0.687. The summed E-state index contributed by atoms with van der Waals surface area (Å²) in [5.74, 6) is 5.47. The fourth-order valence-corrected chi connectivity index (χ4v) is 8.02. The monoisotopic (exact) mass is 749 g/mol. The van der Waals surface area contributed by atoms with Gasteiger partial charge in [-0.25, -0.2) is 14.3 Å². The lowest BCUT2D eigenvalue weighted by Gasteiger charge is -2.34. The van der Waals surface area contributed by atoms with Crippen LogP contribution in [0, 0.1) is 20.8 Å². The van der Waals surface area contributed by atoms with Crippen molar-refractivity contribution >= 4 is 38.7 Å². The topological polar surface area (TPSA) is 115 Å². The van der Waals surface area contributed by atoms with Crippen molar-refractivity contribution in [2.45, 2.75) is 90.6 Å². The highest BCUT2D eigenvalue weighted by atomic mass is 35.5. The summed E-state index contributed by atoms with van der Waals surface area (Å²) < 4.78 is 36.2. The average molecular weight is 750 g/mol. The minimum atomic E-state index is -4.33. The second kappa shape index (κ2) is 22.1. The third-order valence-corrected chi connectivity index (χ3v) is 10.7. The van der Waals surface area contributed by atoms with Gasteiger partial charge in [0.05, 0.1) is 15.7 Å². The Morgan fingerprint density at radius 2 is 1.55 bits per heavy atom. The number of rotatable bonds is 12. The van der Waals surface area contributed by atoms with Gasteiger partial charge in [0.1, 0.15) is 10.1 Å². The van der Waals surface area contributed by atoms with E-state index >= 15 is 0 Å². The number of carbonyl (C=O) groups excluding carboxylic acids is 1. The van der Waals surface area contributed by atoms with Gasteiger partial charge in [0.2, 0.25) is 18.3 Å². The van der Waals surface area contributed by atoms with Crippen LogP contribution >= 0.6 is 22.7 Å². The van der Waals surface area contributed by atoms with E-state index in [0.29, 0.717) is 17.7 Å². The van der Waals surface area contributed by atoms with Gasteiger partial charge >= 0.3 is 0 Å². The molecular formula is C36H52ClN5O4S3. The van der Waals surface area contributed by atoms with Crippen LogP contribution in [0.1, 0.15) is 73.4 Å². The molecule has 1 fully saturated rings. The number of nitrogens with zero attached hydrogens (tertiary/aromatic N) is 4. The second-order valence-corrected chi connectivity index (χ2v) is 15.1. The number of halogens is 1. The summed E-state index contributed by atoms with van der Waals surface area (Å²) in [6, 6.07) is 14.0. The Hall–Kier alpha value is -2.87. The predicted molar refractivity (Wildman–Crippen MR) is 193 cm³/mol. The first-order valence-corrected chi connectivity index (χ1v) is 20.0. The molecule has 13 heteroatoms. The summed E-state index contributed by atoms with van der Waals surface area (Å²) in [6.07, 6.45) is 10.8. The van der Waals surface area contributed by atoms with Crippen LogP contribution in [0.3, 0.4) is 0 Å². The van der Waals surface area contributed by atoms with E-state index in [9.17, 15) is 17.8 Å². The third kappa shape index (κ3) is 15.3. The molecule has 4 aromatic rings. The number of piperazine rings is 1. The maximum Gasteiger partial charge on any atom is 0.288 e. The maximum atomic E-state index is 12.8. The number of aromatic nitrogens is 2. The summed E-state index contributed by atoms with van der Waals surface area (Å²) in [6.45, 7) is 12.4. The number of nitrogen functional groups attached to an aromatic ring is 1. The van der Waals surface area contributed by atoms with Crippen LogP contribution in [-0.2, 0) is 34.4 Å². The first kappa shape index (κ1) is 42.3. The van der Waals surface area contributed by atoms with E-state index in [1.165, 1.54) is 54.5 Å². The number of benzene rings is 2. The fraction of sp³-hybridized carbons (Fsp3) is 0.472. The molecule has 0 atom stereocenters. The molecule has 0 saturated carbocycles. The van der Waals surface area contributed by atoms with Crippen LogP contribution in [0.4, 0.5) is 0 Å². The van der Waals surface area contributed by atoms with Crippen molar-refractivity contribution in [3.05, 3.63) is 98.4 Å².